The van der Waals surface area contributed by atoms with Gasteiger partial charge >= 0.3 is 0 Å². The molecule has 0 amide bonds. The van der Waals surface area contributed by atoms with Crippen molar-refractivity contribution < 1.29 is 0 Å². The fourth-order valence-electron chi connectivity index (χ4n) is 1.82. The van der Waals surface area contributed by atoms with E-state index in [2.05, 4.69) is 48.7 Å². The number of unbranched alkanes of at least 4 members (excludes halogenated alkanes) is 3. The molecule has 0 aliphatic rings. The van der Waals surface area contributed by atoms with Gasteiger partial charge in [0, 0.05) is 0 Å². The Labute approximate surface area is 109 Å². The predicted octanol–water partition coefficient (Wildman–Crippen LogP) is 3.22. The van der Waals surface area contributed by atoms with Crippen LogP contribution in [0.2, 0.25) is 0 Å². The molecule has 0 aliphatic carbocycles. The van der Waals surface area contributed by atoms with Gasteiger partial charge in [0.25, 0.3) is 0 Å². The van der Waals surface area contributed by atoms with Crippen LogP contribution in [-0.4, -0.2) is 27.3 Å². The Kier molecular flexibility index (Phi) is 8.02. The van der Waals surface area contributed by atoms with Crippen molar-refractivity contribution in [3.05, 3.63) is 30.3 Å². The highest BCUT2D eigenvalue weighted by Crippen LogP contribution is 2.00. The van der Waals surface area contributed by atoms with E-state index in [0.29, 0.717) is 0 Å². The molecule has 1 aromatic carbocycles. The van der Waals surface area contributed by atoms with Gasteiger partial charge in [-0.05, 0) is 31.1 Å². The summed E-state index contributed by atoms with van der Waals surface area (Å²) < 4.78 is 2.63. The van der Waals surface area contributed by atoms with Crippen LogP contribution in [0.3, 0.4) is 0 Å². The summed E-state index contributed by atoms with van der Waals surface area (Å²) in [5, 5.41) is 1.47. The SMILES string of the molecule is CCCCCN(CCCC)[Si]c1ccccc1. The van der Waals surface area contributed by atoms with Crippen molar-refractivity contribution in [2.24, 2.45) is 0 Å². The molecule has 0 atom stereocenters. The Morgan fingerprint density at radius 3 is 2.18 bits per heavy atom. The molecule has 0 heterocycles. The molecule has 0 saturated carbocycles. The summed E-state index contributed by atoms with van der Waals surface area (Å²) in [6.45, 7) is 7.07. The highest BCUT2D eigenvalue weighted by atomic mass is 28.2. The van der Waals surface area contributed by atoms with Crippen LogP contribution in [0.25, 0.3) is 0 Å². The van der Waals surface area contributed by atoms with E-state index in [-0.39, 0.29) is 0 Å². The van der Waals surface area contributed by atoms with Crippen molar-refractivity contribution in [3.63, 3.8) is 0 Å². The largest absolute Gasteiger partial charge is 0.322 e. The maximum atomic E-state index is 2.63. The maximum absolute atomic E-state index is 2.63. The van der Waals surface area contributed by atoms with Gasteiger partial charge in [0.1, 0.15) is 0 Å². The third-order valence-electron chi connectivity index (χ3n) is 2.87. The summed E-state index contributed by atoms with van der Waals surface area (Å²) in [6.07, 6.45) is 6.65. The van der Waals surface area contributed by atoms with Gasteiger partial charge in [-0.3, -0.25) is 0 Å². The zero-order chi connectivity index (χ0) is 12.3. The molecule has 0 spiro atoms. The topological polar surface area (TPSA) is 3.24 Å². The smallest absolute Gasteiger partial charge is 0.182 e. The molecule has 0 aromatic heterocycles. The quantitative estimate of drug-likeness (QED) is 0.478. The van der Waals surface area contributed by atoms with E-state index >= 15 is 0 Å². The summed E-state index contributed by atoms with van der Waals surface area (Å²) in [5.74, 6) is 0. The van der Waals surface area contributed by atoms with Crippen molar-refractivity contribution in [1.29, 1.82) is 0 Å². The van der Waals surface area contributed by atoms with Gasteiger partial charge in [0.2, 0.25) is 0 Å². The average Bonchev–Trinajstić information content (AvgIpc) is 2.37. The van der Waals surface area contributed by atoms with Crippen LogP contribution in [0.5, 0.6) is 0 Å². The molecule has 0 N–H and O–H groups in total. The zero-order valence-electron chi connectivity index (χ0n) is 11.3. The van der Waals surface area contributed by atoms with E-state index in [9.17, 15) is 0 Å². The van der Waals surface area contributed by atoms with Crippen LogP contribution in [0.1, 0.15) is 46.0 Å². The maximum Gasteiger partial charge on any atom is 0.182 e. The molecule has 94 valence electrons. The Morgan fingerprint density at radius 2 is 1.53 bits per heavy atom. The molecule has 0 saturated heterocycles. The molecule has 0 aliphatic heterocycles. The van der Waals surface area contributed by atoms with Crippen molar-refractivity contribution in [2.75, 3.05) is 13.1 Å². The first-order valence-corrected chi connectivity index (χ1v) is 7.88. The predicted molar refractivity (Wildman–Crippen MR) is 77.8 cm³/mol. The number of rotatable bonds is 9. The Morgan fingerprint density at radius 1 is 0.882 bits per heavy atom. The van der Waals surface area contributed by atoms with Crippen LogP contribution in [0.4, 0.5) is 0 Å². The van der Waals surface area contributed by atoms with E-state index < -0.39 is 0 Å². The highest BCUT2D eigenvalue weighted by Gasteiger charge is 2.06. The molecule has 17 heavy (non-hydrogen) atoms. The number of benzene rings is 1. The van der Waals surface area contributed by atoms with Gasteiger partial charge in [-0.15, -0.1) is 0 Å². The van der Waals surface area contributed by atoms with Gasteiger partial charge in [0.15, 0.2) is 9.68 Å². The van der Waals surface area contributed by atoms with Crippen molar-refractivity contribution in [2.45, 2.75) is 46.0 Å². The van der Waals surface area contributed by atoms with Crippen molar-refractivity contribution >= 4 is 14.9 Å². The second-order valence-electron chi connectivity index (χ2n) is 4.53. The number of hydrogen-bond donors (Lipinski definition) is 0. The second kappa shape index (κ2) is 9.43. The lowest BCUT2D eigenvalue weighted by Crippen LogP contribution is -2.37. The van der Waals surface area contributed by atoms with Gasteiger partial charge < -0.3 is 4.57 Å². The van der Waals surface area contributed by atoms with Crippen LogP contribution < -0.4 is 5.19 Å². The molecule has 2 radical (unpaired) electrons. The molecule has 1 aromatic rings. The minimum absolute atomic E-state index is 0.850. The lowest BCUT2D eigenvalue weighted by Gasteiger charge is -2.21. The van der Waals surface area contributed by atoms with E-state index in [1.54, 1.807) is 0 Å². The lowest BCUT2D eigenvalue weighted by molar-refractivity contribution is 0.419. The standard InChI is InChI=1S/C15H25NSi/c1-3-5-10-14-16(13-6-4-2)17-15-11-8-7-9-12-15/h7-9,11-12H,3-6,10,13-14H2,1-2H3. The van der Waals surface area contributed by atoms with E-state index in [0.717, 1.165) is 9.68 Å². The van der Waals surface area contributed by atoms with Crippen molar-refractivity contribution in [3.8, 4) is 0 Å². The summed E-state index contributed by atoms with van der Waals surface area (Å²) >= 11 is 0. The molecule has 0 bridgehead atoms. The second-order valence-corrected chi connectivity index (χ2v) is 5.96. The molecule has 0 fully saturated rings. The van der Waals surface area contributed by atoms with E-state index in [4.69, 9.17) is 0 Å². The summed E-state index contributed by atoms with van der Waals surface area (Å²) in [6, 6.07) is 10.9. The van der Waals surface area contributed by atoms with Crippen LogP contribution in [0, 0.1) is 0 Å². The average molecular weight is 247 g/mol. The normalized spacial score (nSPS) is 11.0. The Balaban J connectivity index is 2.39. The van der Waals surface area contributed by atoms with E-state index in [1.807, 2.05) is 0 Å². The van der Waals surface area contributed by atoms with Gasteiger partial charge in [-0.2, -0.15) is 0 Å². The molecular formula is C15H25NSi. The minimum Gasteiger partial charge on any atom is -0.322 e. The van der Waals surface area contributed by atoms with Crippen LogP contribution >= 0.6 is 0 Å². The van der Waals surface area contributed by atoms with Crippen LogP contribution in [-0.2, 0) is 0 Å². The third kappa shape index (κ3) is 6.64. The summed E-state index contributed by atoms with van der Waals surface area (Å²) in [4.78, 5) is 0. The monoisotopic (exact) mass is 247 g/mol. The Hall–Kier alpha value is -0.603. The van der Waals surface area contributed by atoms with E-state index in [1.165, 1.54) is 50.4 Å². The first-order valence-electron chi connectivity index (χ1n) is 6.93. The summed E-state index contributed by atoms with van der Waals surface area (Å²) in [7, 11) is 0.850. The third-order valence-corrected chi connectivity index (χ3v) is 4.23. The van der Waals surface area contributed by atoms with Gasteiger partial charge in [-0.25, -0.2) is 0 Å². The first kappa shape index (κ1) is 14.5. The van der Waals surface area contributed by atoms with Gasteiger partial charge in [-0.1, -0.05) is 63.4 Å². The zero-order valence-corrected chi connectivity index (χ0v) is 12.3. The molecule has 1 rings (SSSR count). The molecule has 1 nitrogen and oxygen atoms in total. The minimum atomic E-state index is 0.850. The molecule has 2 heteroatoms. The lowest BCUT2D eigenvalue weighted by atomic mass is 10.2. The summed E-state index contributed by atoms with van der Waals surface area (Å²) in [5.41, 5.74) is 0. The first-order chi connectivity index (χ1) is 8.36. The number of nitrogens with zero attached hydrogens (tertiary/aromatic N) is 1. The Bertz CT molecular complexity index is 274. The number of hydrogen-bond acceptors (Lipinski definition) is 1. The fraction of sp³-hybridized carbons (Fsp3) is 0.600. The fourth-order valence-corrected chi connectivity index (χ4v) is 3.07. The van der Waals surface area contributed by atoms with Crippen LogP contribution in [0.15, 0.2) is 30.3 Å². The molecular weight excluding hydrogens is 222 g/mol. The highest BCUT2D eigenvalue weighted by molar-refractivity contribution is 6.50. The van der Waals surface area contributed by atoms with Crippen molar-refractivity contribution in [1.82, 2.24) is 4.57 Å². The van der Waals surface area contributed by atoms with Gasteiger partial charge in [0.05, 0.1) is 0 Å². The molecule has 0 unspecified atom stereocenters.